The van der Waals surface area contributed by atoms with E-state index in [1.807, 2.05) is 30.3 Å². The Morgan fingerprint density at radius 3 is 2.67 bits per heavy atom. The standard InChI is InChI=1S/C16H10FNO3/c17-13-9-11(6-7-12(13)16(19)20)21-15-8-5-10-3-1-2-4-14(10)18-15/h1-9H,(H,19,20). The Morgan fingerprint density at radius 2 is 1.90 bits per heavy atom. The van der Waals surface area contributed by atoms with Gasteiger partial charge >= 0.3 is 5.97 Å². The molecular weight excluding hydrogens is 273 g/mol. The topological polar surface area (TPSA) is 59.4 Å². The molecule has 0 amide bonds. The van der Waals surface area contributed by atoms with E-state index in [9.17, 15) is 9.18 Å². The van der Waals surface area contributed by atoms with E-state index >= 15 is 0 Å². The number of hydrogen-bond donors (Lipinski definition) is 1. The van der Waals surface area contributed by atoms with Crippen molar-refractivity contribution in [3.8, 4) is 11.6 Å². The zero-order valence-corrected chi connectivity index (χ0v) is 10.8. The molecule has 1 heterocycles. The minimum Gasteiger partial charge on any atom is -0.478 e. The zero-order valence-electron chi connectivity index (χ0n) is 10.8. The molecular formula is C16H10FNO3. The van der Waals surface area contributed by atoms with Crippen LogP contribution in [-0.4, -0.2) is 16.1 Å². The summed E-state index contributed by atoms with van der Waals surface area (Å²) < 4.78 is 19.0. The van der Waals surface area contributed by atoms with Crippen molar-refractivity contribution in [2.75, 3.05) is 0 Å². The summed E-state index contributed by atoms with van der Waals surface area (Å²) in [7, 11) is 0. The SMILES string of the molecule is O=C(O)c1ccc(Oc2ccc3ccccc3n2)cc1F. The Kier molecular flexibility index (Phi) is 3.23. The van der Waals surface area contributed by atoms with E-state index in [1.54, 1.807) is 6.07 Å². The zero-order chi connectivity index (χ0) is 14.8. The second-order valence-corrected chi connectivity index (χ2v) is 4.39. The van der Waals surface area contributed by atoms with E-state index in [4.69, 9.17) is 9.84 Å². The van der Waals surface area contributed by atoms with Crippen LogP contribution >= 0.6 is 0 Å². The number of rotatable bonds is 3. The maximum Gasteiger partial charge on any atom is 0.338 e. The van der Waals surface area contributed by atoms with Crippen molar-refractivity contribution in [2.24, 2.45) is 0 Å². The molecule has 0 fully saturated rings. The lowest BCUT2D eigenvalue weighted by Gasteiger charge is -2.06. The molecule has 1 N–H and O–H groups in total. The fourth-order valence-corrected chi connectivity index (χ4v) is 1.96. The van der Waals surface area contributed by atoms with Crippen molar-refractivity contribution < 1.29 is 19.0 Å². The Bertz CT molecular complexity index is 833. The van der Waals surface area contributed by atoms with E-state index in [1.165, 1.54) is 6.07 Å². The Labute approximate surface area is 119 Å². The summed E-state index contributed by atoms with van der Waals surface area (Å²) in [6.07, 6.45) is 0. The first kappa shape index (κ1) is 13.1. The molecule has 104 valence electrons. The summed E-state index contributed by atoms with van der Waals surface area (Å²) in [5.41, 5.74) is 0.367. The molecule has 2 aromatic carbocycles. The number of hydrogen-bond acceptors (Lipinski definition) is 3. The molecule has 3 rings (SSSR count). The third-order valence-corrected chi connectivity index (χ3v) is 2.97. The first-order valence-electron chi connectivity index (χ1n) is 6.20. The maximum absolute atomic E-state index is 13.6. The number of ether oxygens (including phenoxy) is 1. The molecule has 21 heavy (non-hydrogen) atoms. The molecule has 1 aromatic heterocycles. The highest BCUT2D eigenvalue weighted by Gasteiger charge is 2.11. The predicted octanol–water partition coefficient (Wildman–Crippen LogP) is 3.86. The Balaban J connectivity index is 1.91. The molecule has 5 heteroatoms. The van der Waals surface area contributed by atoms with Gasteiger partial charge in [0.25, 0.3) is 0 Å². The van der Waals surface area contributed by atoms with E-state index < -0.39 is 17.3 Å². The summed E-state index contributed by atoms with van der Waals surface area (Å²) in [5.74, 6) is -1.65. The van der Waals surface area contributed by atoms with Crippen LogP contribution in [0.25, 0.3) is 10.9 Å². The van der Waals surface area contributed by atoms with Crippen LogP contribution in [-0.2, 0) is 0 Å². The molecule has 3 aromatic rings. The maximum atomic E-state index is 13.6. The first-order valence-corrected chi connectivity index (χ1v) is 6.20. The lowest BCUT2D eigenvalue weighted by Crippen LogP contribution is -2.00. The van der Waals surface area contributed by atoms with Crippen molar-refractivity contribution in [3.05, 3.63) is 66.0 Å². The van der Waals surface area contributed by atoms with Crippen LogP contribution < -0.4 is 4.74 Å². The average Bonchev–Trinajstić information content (AvgIpc) is 2.47. The fourth-order valence-electron chi connectivity index (χ4n) is 1.96. The largest absolute Gasteiger partial charge is 0.478 e. The molecule has 0 radical (unpaired) electrons. The number of aromatic nitrogens is 1. The van der Waals surface area contributed by atoms with Crippen LogP contribution in [0.3, 0.4) is 0 Å². The summed E-state index contributed by atoms with van der Waals surface area (Å²) in [4.78, 5) is 15.0. The second-order valence-electron chi connectivity index (χ2n) is 4.39. The summed E-state index contributed by atoms with van der Waals surface area (Å²) in [5, 5.41) is 9.74. The van der Waals surface area contributed by atoms with Crippen LogP contribution in [0.1, 0.15) is 10.4 Å². The molecule has 0 unspecified atom stereocenters. The van der Waals surface area contributed by atoms with Crippen molar-refractivity contribution in [2.45, 2.75) is 0 Å². The van der Waals surface area contributed by atoms with Gasteiger partial charge in [-0.3, -0.25) is 0 Å². The van der Waals surface area contributed by atoms with Gasteiger partial charge in [-0.15, -0.1) is 0 Å². The second kappa shape index (κ2) is 5.20. The van der Waals surface area contributed by atoms with Crippen LogP contribution in [0, 0.1) is 5.82 Å². The van der Waals surface area contributed by atoms with Crippen molar-refractivity contribution >= 4 is 16.9 Å². The number of para-hydroxylation sites is 1. The summed E-state index contributed by atoms with van der Waals surface area (Å²) in [6, 6.07) is 14.6. The number of pyridine rings is 1. The molecule has 0 aliphatic heterocycles. The monoisotopic (exact) mass is 283 g/mol. The molecule has 0 atom stereocenters. The van der Waals surface area contributed by atoms with Crippen molar-refractivity contribution in [1.82, 2.24) is 4.98 Å². The highest BCUT2D eigenvalue weighted by molar-refractivity contribution is 5.88. The van der Waals surface area contributed by atoms with E-state index in [2.05, 4.69) is 4.98 Å². The van der Waals surface area contributed by atoms with Gasteiger partial charge < -0.3 is 9.84 Å². The number of benzene rings is 2. The normalized spacial score (nSPS) is 10.5. The number of carbonyl (C=O) groups is 1. The average molecular weight is 283 g/mol. The van der Waals surface area contributed by atoms with Crippen LogP contribution in [0.4, 0.5) is 4.39 Å². The number of carboxylic acids is 1. The molecule has 0 bridgehead atoms. The lowest BCUT2D eigenvalue weighted by atomic mass is 10.2. The summed E-state index contributed by atoms with van der Waals surface area (Å²) in [6.45, 7) is 0. The number of aromatic carboxylic acids is 1. The van der Waals surface area contributed by atoms with Crippen molar-refractivity contribution in [1.29, 1.82) is 0 Å². The smallest absolute Gasteiger partial charge is 0.338 e. The number of nitrogens with zero attached hydrogens (tertiary/aromatic N) is 1. The third kappa shape index (κ3) is 2.67. The van der Waals surface area contributed by atoms with Gasteiger partial charge in [0.05, 0.1) is 11.1 Å². The van der Waals surface area contributed by atoms with E-state index in [0.717, 1.165) is 23.0 Å². The van der Waals surface area contributed by atoms with Gasteiger partial charge in [-0.05, 0) is 24.3 Å². The van der Waals surface area contributed by atoms with Crippen LogP contribution in [0.5, 0.6) is 11.6 Å². The molecule has 0 aliphatic carbocycles. The van der Waals surface area contributed by atoms with Crippen LogP contribution in [0.2, 0.25) is 0 Å². The minimum atomic E-state index is -1.32. The quantitative estimate of drug-likeness (QED) is 0.792. The number of fused-ring (bicyclic) bond motifs is 1. The Hall–Kier alpha value is -2.95. The number of carboxylic acid groups (broad SMARTS) is 1. The van der Waals surface area contributed by atoms with Gasteiger partial charge in [-0.25, -0.2) is 14.2 Å². The minimum absolute atomic E-state index is 0.195. The highest BCUT2D eigenvalue weighted by atomic mass is 19.1. The Morgan fingerprint density at radius 1 is 1.10 bits per heavy atom. The van der Waals surface area contributed by atoms with Gasteiger partial charge in [0.1, 0.15) is 11.6 Å². The summed E-state index contributed by atoms with van der Waals surface area (Å²) >= 11 is 0. The van der Waals surface area contributed by atoms with Gasteiger partial charge in [0, 0.05) is 17.5 Å². The van der Waals surface area contributed by atoms with E-state index in [-0.39, 0.29) is 5.75 Å². The fraction of sp³-hybridized carbons (Fsp3) is 0. The van der Waals surface area contributed by atoms with Gasteiger partial charge in [0.2, 0.25) is 5.88 Å². The van der Waals surface area contributed by atoms with Crippen molar-refractivity contribution in [3.63, 3.8) is 0 Å². The predicted molar refractivity (Wildman–Crippen MR) is 75.2 cm³/mol. The molecule has 0 aliphatic rings. The molecule has 0 spiro atoms. The lowest BCUT2D eigenvalue weighted by molar-refractivity contribution is 0.0692. The highest BCUT2D eigenvalue weighted by Crippen LogP contribution is 2.24. The van der Waals surface area contributed by atoms with Crippen LogP contribution in [0.15, 0.2) is 54.6 Å². The first-order chi connectivity index (χ1) is 10.1. The number of halogens is 1. The van der Waals surface area contributed by atoms with E-state index in [0.29, 0.717) is 5.88 Å². The molecule has 0 saturated heterocycles. The van der Waals surface area contributed by atoms with Gasteiger partial charge in [-0.2, -0.15) is 0 Å². The van der Waals surface area contributed by atoms with Gasteiger partial charge in [-0.1, -0.05) is 18.2 Å². The third-order valence-electron chi connectivity index (χ3n) is 2.97. The molecule has 4 nitrogen and oxygen atoms in total. The van der Waals surface area contributed by atoms with Gasteiger partial charge in [0.15, 0.2) is 0 Å². The molecule has 0 saturated carbocycles.